The van der Waals surface area contributed by atoms with Crippen molar-refractivity contribution >= 4 is 5.91 Å². The summed E-state index contributed by atoms with van der Waals surface area (Å²) < 4.78 is 0. The first-order valence-electron chi connectivity index (χ1n) is 6.46. The van der Waals surface area contributed by atoms with E-state index in [1.807, 2.05) is 42.2 Å². The van der Waals surface area contributed by atoms with Crippen molar-refractivity contribution in [2.75, 3.05) is 13.1 Å². The molecule has 0 radical (unpaired) electrons. The quantitative estimate of drug-likeness (QED) is 0.799. The standard InChI is InChI=1S/C15H18N2O/c1-2-14(18)17-10-8-15(12-16,9-11-17)13-6-4-3-5-7-13/h3-7H,2,8-11H2,1H3. The molecule has 0 unspecified atom stereocenters. The maximum absolute atomic E-state index is 11.6. The first-order chi connectivity index (χ1) is 8.72. The third kappa shape index (κ3) is 2.24. The van der Waals surface area contributed by atoms with Gasteiger partial charge in [0, 0.05) is 19.5 Å². The molecule has 1 fully saturated rings. The predicted molar refractivity (Wildman–Crippen MR) is 69.8 cm³/mol. The highest BCUT2D eigenvalue weighted by atomic mass is 16.2. The van der Waals surface area contributed by atoms with Crippen LogP contribution in [-0.2, 0) is 10.2 Å². The number of benzene rings is 1. The van der Waals surface area contributed by atoms with Gasteiger partial charge >= 0.3 is 0 Å². The summed E-state index contributed by atoms with van der Waals surface area (Å²) in [5.74, 6) is 0.189. The van der Waals surface area contributed by atoms with Crippen molar-refractivity contribution in [3.05, 3.63) is 35.9 Å². The van der Waals surface area contributed by atoms with Crippen molar-refractivity contribution in [1.29, 1.82) is 5.26 Å². The molecular formula is C15H18N2O. The molecule has 94 valence electrons. The van der Waals surface area contributed by atoms with Gasteiger partial charge < -0.3 is 4.90 Å². The van der Waals surface area contributed by atoms with Crippen molar-refractivity contribution in [2.24, 2.45) is 0 Å². The van der Waals surface area contributed by atoms with Gasteiger partial charge in [-0.05, 0) is 18.4 Å². The summed E-state index contributed by atoms with van der Waals surface area (Å²) in [7, 11) is 0. The number of carbonyl (C=O) groups excluding carboxylic acids is 1. The fourth-order valence-electron chi connectivity index (χ4n) is 2.58. The van der Waals surface area contributed by atoms with Gasteiger partial charge in [0.15, 0.2) is 0 Å². The van der Waals surface area contributed by atoms with Crippen LogP contribution in [0.3, 0.4) is 0 Å². The fraction of sp³-hybridized carbons (Fsp3) is 0.467. The smallest absolute Gasteiger partial charge is 0.222 e. The molecule has 1 aromatic rings. The minimum absolute atomic E-state index is 0.189. The maximum Gasteiger partial charge on any atom is 0.222 e. The lowest BCUT2D eigenvalue weighted by Crippen LogP contribution is -2.44. The van der Waals surface area contributed by atoms with Crippen LogP contribution in [0.2, 0.25) is 0 Å². The van der Waals surface area contributed by atoms with Gasteiger partial charge in [0.2, 0.25) is 5.91 Å². The zero-order valence-corrected chi connectivity index (χ0v) is 10.7. The molecule has 0 atom stereocenters. The van der Waals surface area contributed by atoms with Crippen molar-refractivity contribution < 1.29 is 4.79 Å². The van der Waals surface area contributed by atoms with Crippen LogP contribution in [0.5, 0.6) is 0 Å². The fourth-order valence-corrected chi connectivity index (χ4v) is 2.58. The topological polar surface area (TPSA) is 44.1 Å². The molecule has 0 saturated carbocycles. The highest BCUT2D eigenvalue weighted by molar-refractivity contribution is 5.76. The Morgan fingerprint density at radius 1 is 1.33 bits per heavy atom. The normalized spacial score (nSPS) is 18.1. The van der Waals surface area contributed by atoms with E-state index >= 15 is 0 Å². The van der Waals surface area contributed by atoms with Crippen LogP contribution >= 0.6 is 0 Å². The van der Waals surface area contributed by atoms with Crippen LogP contribution < -0.4 is 0 Å². The summed E-state index contributed by atoms with van der Waals surface area (Å²) in [6.45, 7) is 3.26. The molecule has 3 heteroatoms. The number of likely N-dealkylation sites (tertiary alicyclic amines) is 1. The Balaban J connectivity index is 2.15. The maximum atomic E-state index is 11.6. The van der Waals surface area contributed by atoms with Crippen LogP contribution in [0.15, 0.2) is 30.3 Å². The van der Waals surface area contributed by atoms with E-state index < -0.39 is 5.41 Å². The minimum Gasteiger partial charge on any atom is -0.343 e. The Kier molecular flexibility index (Phi) is 3.66. The van der Waals surface area contributed by atoms with Gasteiger partial charge in [-0.15, -0.1) is 0 Å². The number of nitriles is 1. The molecule has 0 bridgehead atoms. The van der Waals surface area contributed by atoms with Gasteiger partial charge in [-0.25, -0.2) is 0 Å². The average molecular weight is 242 g/mol. The van der Waals surface area contributed by atoms with E-state index in [1.54, 1.807) is 0 Å². The van der Waals surface area contributed by atoms with Crippen LogP contribution in [0, 0.1) is 11.3 Å². The first kappa shape index (κ1) is 12.6. The van der Waals surface area contributed by atoms with E-state index in [0.29, 0.717) is 19.5 Å². The third-order valence-corrected chi connectivity index (χ3v) is 3.81. The molecule has 1 aromatic carbocycles. The highest BCUT2D eigenvalue weighted by Gasteiger charge is 2.37. The summed E-state index contributed by atoms with van der Waals surface area (Å²) in [6.07, 6.45) is 2.02. The largest absolute Gasteiger partial charge is 0.343 e. The molecule has 1 amide bonds. The summed E-state index contributed by atoms with van der Waals surface area (Å²) in [5.41, 5.74) is 0.669. The SMILES string of the molecule is CCC(=O)N1CCC(C#N)(c2ccccc2)CC1. The van der Waals surface area contributed by atoms with Gasteiger partial charge in [0.05, 0.1) is 11.5 Å². The van der Waals surface area contributed by atoms with Gasteiger partial charge in [0.25, 0.3) is 0 Å². The summed E-state index contributed by atoms with van der Waals surface area (Å²) in [5, 5.41) is 9.52. The molecule has 1 saturated heterocycles. The first-order valence-corrected chi connectivity index (χ1v) is 6.46. The van der Waals surface area contributed by atoms with Gasteiger partial charge in [-0.2, -0.15) is 5.26 Å². The lowest BCUT2D eigenvalue weighted by atomic mass is 9.74. The zero-order valence-electron chi connectivity index (χ0n) is 10.7. The van der Waals surface area contributed by atoms with E-state index in [4.69, 9.17) is 0 Å². The van der Waals surface area contributed by atoms with E-state index in [9.17, 15) is 10.1 Å². The Morgan fingerprint density at radius 3 is 2.44 bits per heavy atom. The van der Waals surface area contributed by atoms with E-state index in [1.165, 1.54) is 0 Å². The predicted octanol–water partition coefficient (Wildman–Crippen LogP) is 2.48. The molecular weight excluding hydrogens is 224 g/mol. The number of piperidine rings is 1. The second kappa shape index (κ2) is 5.22. The Hall–Kier alpha value is -1.82. The summed E-state index contributed by atoms with van der Waals surface area (Å²) >= 11 is 0. The Morgan fingerprint density at radius 2 is 1.94 bits per heavy atom. The van der Waals surface area contributed by atoms with Crippen molar-refractivity contribution in [2.45, 2.75) is 31.6 Å². The molecule has 18 heavy (non-hydrogen) atoms. The molecule has 0 spiro atoms. The Labute approximate surface area is 108 Å². The molecule has 0 N–H and O–H groups in total. The van der Waals surface area contributed by atoms with Crippen LogP contribution in [0.1, 0.15) is 31.7 Å². The highest BCUT2D eigenvalue weighted by Crippen LogP contribution is 2.34. The minimum atomic E-state index is -0.411. The van der Waals surface area contributed by atoms with Crippen molar-refractivity contribution in [1.82, 2.24) is 4.90 Å². The van der Waals surface area contributed by atoms with Crippen LogP contribution in [0.25, 0.3) is 0 Å². The van der Waals surface area contributed by atoms with Crippen molar-refractivity contribution in [3.8, 4) is 6.07 Å². The second-order valence-corrected chi connectivity index (χ2v) is 4.79. The number of rotatable bonds is 2. The number of amides is 1. The Bertz CT molecular complexity index is 453. The monoisotopic (exact) mass is 242 g/mol. The van der Waals surface area contributed by atoms with Crippen LogP contribution in [0.4, 0.5) is 0 Å². The van der Waals surface area contributed by atoms with E-state index in [-0.39, 0.29) is 5.91 Å². The molecule has 2 rings (SSSR count). The van der Waals surface area contributed by atoms with Crippen LogP contribution in [-0.4, -0.2) is 23.9 Å². The molecule has 1 heterocycles. The number of nitrogens with zero attached hydrogens (tertiary/aromatic N) is 2. The van der Waals surface area contributed by atoms with E-state index in [2.05, 4.69) is 6.07 Å². The molecule has 3 nitrogen and oxygen atoms in total. The molecule has 0 aliphatic carbocycles. The lowest BCUT2D eigenvalue weighted by Gasteiger charge is -2.37. The number of hydrogen-bond acceptors (Lipinski definition) is 2. The van der Waals surface area contributed by atoms with E-state index in [0.717, 1.165) is 18.4 Å². The molecule has 1 aliphatic heterocycles. The summed E-state index contributed by atoms with van der Waals surface area (Å²) in [4.78, 5) is 13.5. The zero-order chi connectivity index (χ0) is 13.0. The van der Waals surface area contributed by atoms with Gasteiger partial charge in [-0.3, -0.25) is 4.79 Å². The number of carbonyl (C=O) groups is 1. The van der Waals surface area contributed by atoms with Gasteiger partial charge in [-0.1, -0.05) is 37.3 Å². The number of hydrogen-bond donors (Lipinski definition) is 0. The molecule has 1 aliphatic rings. The lowest BCUT2D eigenvalue weighted by molar-refractivity contribution is -0.132. The van der Waals surface area contributed by atoms with Gasteiger partial charge in [0.1, 0.15) is 0 Å². The molecule has 0 aromatic heterocycles. The summed E-state index contributed by atoms with van der Waals surface area (Å²) in [6, 6.07) is 12.4. The average Bonchev–Trinajstić information content (AvgIpc) is 2.47. The third-order valence-electron chi connectivity index (χ3n) is 3.81. The van der Waals surface area contributed by atoms with Crippen molar-refractivity contribution in [3.63, 3.8) is 0 Å². The second-order valence-electron chi connectivity index (χ2n) is 4.79.